The van der Waals surface area contributed by atoms with Gasteiger partial charge in [-0.2, -0.15) is 0 Å². The zero-order valence-electron chi connectivity index (χ0n) is 3.65. The second kappa shape index (κ2) is 18.6. The molecular weight excluding hydrogens is 117 g/mol. The first-order valence-electron chi connectivity index (χ1n) is 1.58. The fourth-order valence-corrected chi connectivity index (χ4v) is 0. The van der Waals surface area contributed by atoms with Crippen LogP contribution in [-0.2, 0) is 0 Å². The molecule has 3 heteroatoms. The van der Waals surface area contributed by atoms with Crippen LogP contribution in [0.15, 0.2) is 0 Å². The van der Waals surface area contributed by atoms with Gasteiger partial charge in [-0.1, -0.05) is 21.8 Å². The highest BCUT2D eigenvalue weighted by molar-refractivity contribution is 8.33. The Morgan fingerprint density at radius 1 is 1.20 bits per heavy atom. The van der Waals surface area contributed by atoms with Gasteiger partial charge in [0.2, 0.25) is 0 Å². The third kappa shape index (κ3) is 34.4. The van der Waals surface area contributed by atoms with Crippen molar-refractivity contribution in [3.8, 4) is 0 Å². The smallest absolute Gasteiger partial charge is 0.0683 e. The van der Waals surface area contributed by atoms with Crippen molar-refractivity contribution in [3.63, 3.8) is 0 Å². The van der Waals surface area contributed by atoms with Crippen LogP contribution < -0.4 is 0 Å². The number of hydrogen-bond acceptors (Lipinski definition) is 0. The molecule has 0 aliphatic heterocycles. The average Bonchev–Trinajstić information content (AvgIpc) is 1.46. The van der Waals surface area contributed by atoms with Crippen molar-refractivity contribution in [3.05, 3.63) is 0 Å². The molecule has 2 atom stereocenters. The van der Waals surface area contributed by atoms with E-state index < -0.39 is 0 Å². The maximum Gasteiger partial charge on any atom is -0.0683 e. The Hall–Kier alpha value is 1.29. The van der Waals surface area contributed by atoms with Crippen LogP contribution in [-0.4, -0.2) is 0 Å². The summed E-state index contributed by atoms with van der Waals surface area (Å²) in [5.41, 5.74) is 0. The molecule has 0 radical (unpaired) electrons. The molecule has 0 fully saturated rings. The summed E-state index contributed by atoms with van der Waals surface area (Å²) in [6.45, 7) is 4.00. The Balaban J connectivity index is 0. The molecule has 0 aliphatic carbocycles. The molecular formula is C2H11P3. The van der Waals surface area contributed by atoms with Gasteiger partial charge in [-0.05, 0) is 0 Å². The summed E-state index contributed by atoms with van der Waals surface area (Å²) >= 11 is 0. The molecule has 0 saturated carbocycles. The third-order valence-electron chi connectivity index (χ3n) is 0. The van der Waals surface area contributed by atoms with Gasteiger partial charge in [0.25, 0.3) is 0 Å². The predicted molar refractivity (Wildman–Crippen MR) is 39.1 cm³/mol. The van der Waals surface area contributed by atoms with Gasteiger partial charge in [-0.3, -0.25) is 0 Å². The normalized spacial score (nSPS) is 4.80. The highest BCUT2D eigenvalue weighted by Crippen LogP contribution is 2.28. The molecule has 0 heterocycles. The largest absolute Gasteiger partial charge is 0.110 e. The van der Waals surface area contributed by atoms with Crippen LogP contribution in [0.5, 0.6) is 0 Å². The SMILES string of the molecule is CC.PPP. The van der Waals surface area contributed by atoms with Gasteiger partial charge >= 0.3 is 0 Å². The fourth-order valence-electron chi connectivity index (χ4n) is 0. The lowest BCUT2D eigenvalue weighted by molar-refractivity contribution is 1.50. The summed E-state index contributed by atoms with van der Waals surface area (Å²) < 4.78 is 0. The van der Waals surface area contributed by atoms with Crippen molar-refractivity contribution in [2.45, 2.75) is 13.8 Å². The van der Waals surface area contributed by atoms with E-state index in [1.165, 1.54) is 0 Å². The molecule has 0 aromatic carbocycles. The van der Waals surface area contributed by atoms with Gasteiger partial charge in [-0.25, -0.2) is 0 Å². The zero-order chi connectivity index (χ0) is 4.71. The quantitative estimate of drug-likeness (QED) is 0.439. The summed E-state index contributed by atoms with van der Waals surface area (Å²) in [5.74, 6) is 0. The topological polar surface area (TPSA) is 0 Å². The summed E-state index contributed by atoms with van der Waals surface area (Å²) in [4.78, 5) is 0. The Morgan fingerprint density at radius 2 is 1.20 bits per heavy atom. The Kier molecular flexibility index (Phi) is 35.5. The second-order valence-electron chi connectivity index (χ2n) is 0.167. The molecule has 0 rings (SSSR count). The van der Waals surface area contributed by atoms with E-state index in [0.29, 0.717) is 0 Å². The zero-order valence-corrected chi connectivity index (χ0v) is 6.96. The lowest BCUT2D eigenvalue weighted by Gasteiger charge is -1.51. The molecule has 0 aromatic heterocycles. The molecule has 0 aromatic rings. The van der Waals surface area contributed by atoms with E-state index in [1.54, 1.807) is 0 Å². The first-order valence-corrected chi connectivity index (χ1v) is 6.20. The Morgan fingerprint density at radius 3 is 1.20 bits per heavy atom. The first kappa shape index (κ1) is 9.56. The van der Waals surface area contributed by atoms with Gasteiger partial charge in [0, 0.05) is 0 Å². The molecule has 0 bridgehead atoms. The van der Waals surface area contributed by atoms with Gasteiger partial charge in [0.05, 0.1) is 0 Å². The van der Waals surface area contributed by atoms with Crippen molar-refractivity contribution in [1.82, 2.24) is 0 Å². The van der Waals surface area contributed by atoms with Crippen LogP contribution in [0.3, 0.4) is 0 Å². The molecule has 34 valence electrons. The maximum absolute atomic E-state index is 2.57. The molecule has 0 N–H and O–H groups in total. The number of rotatable bonds is 0. The van der Waals surface area contributed by atoms with Gasteiger partial charge in [-0.15, -0.1) is 17.9 Å². The highest BCUT2D eigenvalue weighted by Gasteiger charge is 1.32. The molecule has 2 unspecified atom stereocenters. The van der Waals surface area contributed by atoms with Crippen molar-refractivity contribution in [2.24, 2.45) is 0 Å². The van der Waals surface area contributed by atoms with Crippen LogP contribution in [0.4, 0.5) is 0 Å². The summed E-state index contributed by atoms with van der Waals surface area (Å²) in [5, 5.41) is 0. The minimum absolute atomic E-state index is 0.917. The third-order valence-corrected chi connectivity index (χ3v) is 0. The van der Waals surface area contributed by atoms with Crippen LogP contribution in [0.1, 0.15) is 13.8 Å². The van der Waals surface area contributed by atoms with Gasteiger partial charge < -0.3 is 0 Å². The summed E-state index contributed by atoms with van der Waals surface area (Å²) in [7, 11) is 6.06. The van der Waals surface area contributed by atoms with Crippen LogP contribution in [0.25, 0.3) is 0 Å². The van der Waals surface area contributed by atoms with Gasteiger partial charge in [0.1, 0.15) is 0 Å². The Labute approximate surface area is 40.5 Å². The molecule has 0 aliphatic rings. The van der Waals surface area contributed by atoms with E-state index in [4.69, 9.17) is 0 Å². The molecule has 0 nitrogen and oxygen atoms in total. The summed E-state index contributed by atoms with van der Waals surface area (Å²) in [6, 6.07) is 0. The molecule has 0 amide bonds. The number of hydrogen-bond donors (Lipinski definition) is 0. The highest BCUT2D eigenvalue weighted by atomic mass is 32.4. The van der Waals surface area contributed by atoms with Gasteiger partial charge in [0.15, 0.2) is 0 Å². The minimum atomic E-state index is 0.917. The van der Waals surface area contributed by atoms with Crippen molar-refractivity contribution in [2.75, 3.05) is 0 Å². The first-order chi connectivity index (χ1) is 2.41. The standard InChI is InChI=1S/C2H6.H5P3/c1-2;1-3-2/h1-2H3;3H,1-2H2. The van der Waals surface area contributed by atoms with E-state index in [0.717, 1.165) is 7.96 Å². The average molecular weight is 128 g/mol. The van der Waals surface area contributed by atoms with Crippen LogP contribution >= 0.6 is 25.8 Å². The lowest BCUT2D eigenvalue weighted by atomic mass is 11.0. The lowest BCUT2D eigenvalue weighted by Crippen LogP contribution is -0.856. The Bertz CT molecular complexity index is 4.85. The van der Waals surface area contributed by atoms with Crippen LogP contribution in [0, 0.1) is 0 Å². The second-order valence-corrected chi connectivity index (χ2v) is 4.50. The summed E-state index contributed by atoms with van der Waals surface area (Å²) in [6.07, 6.45) is 0. The molecule has 0 saturated heterocycles. The minimum Gasteiger partial charge on any atom is -0.110 e. The predicted octanol–water partition coefficient (Wildman–Crippen LogP) is 2.27. The van der Waals surface area contributed by atoms with Crippen molar-refractivity contribution in [1.29, 1.82) is 0 Å². The maximum atomic E-state index is 2.57. The fraction of sp³-hybridized carbons (Fsp3) is 1.00. The monoisotopic (exact) mass is 128 g/mol. The van der Waals surface area contributed by atoms with Crippen molar-refractivity contribution >= 4 is 25.8 Å². The van der Waals surface area contributed by atoms with E-state index in [9.17, 15) is 0 Å². The van der Waals surface area contributed by atoms with Crippen LogP contribution in [0.2, 0.25) is 0 Å². The molecule has 5 heavy (non-hydrogen) atoms. The van der Waals surface area contributed by atoms with Crippen molar-refractivity contribution < 1.29 is 0 Å². The van der Waals surface area contributed by atoms with E-state index in [1.807, 2.05) is 13.8 Å². The van der Waals surface area contributed by atoms with E-state index in [-0.39, 0.29) is 0 Å². The molecule has 0 spiro atoms. The van der Waals surface area contributed by atoms with E-state index >= 15 is 0 Å². The van der Waals surface area contributed by atoms with E-state index in [2.05, 4.69) is 17.9 Å².